The molecule has 1 heterocycles. The van der Waals surface area contributed by atoms with E-state index >= 15 is 0 Å². The third-order valence-corrected chi connectivity index (χ3v) is 9.13. The SMILES string of the molecule is CC(CON(C=O)C(C[C@@H]([C@@H]1CCCOC1)C(C)(C)C)NC(=O)O)[Si](C)(C)C. The molecule has 1 aliphatic rings. The number of hydrogen-bond acceptors (Lipinski definition) is 4. The lowest BCUT2D eigenvalue weighted by molar-refractivity contribution is -0.194. The van der Waals surface area contributed by atoms with Gasteiger partial charge >= 0.3 is 6.09 Å². The lowest BCUT2D eigenvalue weighted by atomic mass is 9.69. The second-order valence-electron chi connectivity index (χ2n) is 10.2. The van der Waals surface area contributed by atoms with E-state index in [0.29, 0.717) is 37.5 Å². The van der Waals surface area contributed by atoms with E-state index < -0.39 is 20.3 Å². The molecule has 1 fully saturated rings. The van der Waals surface area contributed by atoms with Gasteiger partial charge in [-0.15, -0.1) is 0 Å². The van der Waals surface area contributed by atoms with Crippen LogP contribution in [0.15, 0.2) is 0 Å². The first-order valence-corrected chi connectivity index (χ1v) is 13.9. The second kappa shape index (κ2) is 10.6. The van der Waals surface area contributed by atoms with E-state index in [1.807, 2.05) is 0 Å². The van der Waals surface area contributed by atoms with Crippen molar-refractivity contribution < 1.29 is 24.3 Å². The molecule has 28 heavy (non-hydrogen) atoms. The molecule has 2 N–H and O–H groups in total. The van der Waals surface area contributed by atoms with Gasteiger partial charge in [-0.2, -0.15) is 0 Å². The summed E-state index contributed by atoms with van der Waals surface area (Å²) in [5.41, 5.74) is 0.287. The molecule has 1 rings (SSSR count). The van der Waals surface area contributed by atoms with Gasteiger partial charge in [-0.25, -0.2) is 9.86 Å². The summed E-state index contributed by atoms with van der Waals surface area (Å²) in [6, 6.07) is 0. The summed E-state index contributed by atoms with van der Waals surface area (Å²) in [7, 11) is -1.42. The average Bonchev–Trinajstić information content (AvgIpc) is 2.57. The minimum atomic E-state index is -1.42. The van der Waals surface area contributed by atoms with Gasteiger partial charge in [0.2, 0.25) is 6.41 Å². The normalized spacial score (nSPS) is 21.5. The molecule has 7 nitrogen and oxygen atoms in total. The van der Waals surface area contributed by atoms with Gasteiger partial charge in [-0.3, -0.25) is 14.9 Å². The Morgan fingerprint density at radius 1 is 1.39 bits per heavy atom. The van der Waals surface area contributed by atoms with Crippen LogP contribution < -0.4 is 5.32 Å². The molecular formula is C20H40N2O5Si. The van der Waals surface area contributed by atoms with Gasteiger partial charge in [0.15, 0.2) is 0 Å². The smallest absolute Gasteiger partial charge is 0.406 e. The molecule has 0 aromatic rings. The van der Waals surface area contributed by atoms with Gasteiger partial charge in [-0.1, -0.05) is 47.3 Å². The van der Waals surface area contributed by atoms with Crippen LogP contribution in [0.3, 0.4) is 0 Å². The molecule has 0 saturated carbocycles. The van der Waals surface area contributed by atoms with E-state index in [0.717, 1.165) is 24.5 Å². The Morgan fingerprint density at radius 3 is 2.46 bits per heavy atom. The van der Waals surface area contributed by atoms with Crippen molar-refractivity contribution in [3.8, 4) is 0 Å². The van der Waals surface area contributed by atoms with Crippen LogP contribution in [0.2, 0.25) is 25.2 Å². The number of nitrogens with zero attached hydrogens (tertiary/aromatic N) is 1. The zero-order valence-electron chi connectivity index (χ0n) is 18.7. The molecular weight excluding hydrogens is 376 g/mol. The lowest BCUT2D eigenvalue weighted by Gasteiger charge is -2.42. The lowest BCUT2D eigenvalue weighted by Crippen LogP contribution is -2.51. The number of nitrogens with one attached hydrogen (secondary N) is 1. The van der Waals surface area contributed by atoms with Gasteiger partial charge in [0.05, 0.1) is 6.61 Å². The number of rotatable bonds is 10. The van der Waals surface area contributed by atoms with E-state index in [-0.39, 0.29) is 11.3 Å². The number of amides is 2. The summed E-state index contributed by atoms with van der Waals surface area (Å²) in [5, 5.41) is 13.0. The van der Waals surface area contributed by atoms with Gasteiger partial charge in [0.1, 0.15) is 6.17 Å². The number of carbonyl (C=O) groups excluding carboxylic acids is 1. The molecule has 0 radical (unpaired) electrons. The topological polar surface area (TPSA) is 88.1 Å². The maximum absolute atomic E-state index is 11.8. The predicted molar refractivity (Wildman–Crippen MR) is 113 cm³/mol. The van der Waals surface area contributed by atoms with Crippen LogP contribution >= 0.6 is 0 Å². The van der Waals surface area contributed by atoms with E-state index in [1.54, 1.807) is 0 Å². The Hall–Kier alpha value is -1.12. The largest absolute Gasteiger partial charge is 0.465 e. The first-order valence-electron chi connectivity index (χ1n) is 10.3. The first-order chi connectivity index (χ1) is 12.9. The van der Waals surface area contributed by atoms with E-state index in [2.05, 4.69) is 52.7 Å². The van der Waals surface area contributed by atoms with E-state index in [4.69, 9.17) is 9.57 Å². The molecule has 1 saturated heterocycles. The second-order valence-corrected chi connectivity index (χ2v) is 15.9. The molecule has 0 bridgehead atoms. The maximum Gasteiger partial charge on any atom is 0.406 e. The maximum atomic E-state index is 11.8. The fraction of sp³-hybridized carbons (Fsp3) is 0.900. The number of carbonyl (C=O) groups is 2. The monoisotopic (exact) mass is 416 g/mol. The summed E-state index contributed by atoms with van der Waals surface area (Å²) in [6.45, 7) is 17.2. The highest BCUT2D eigenvalue weighted by atomic mass is 28.3. The zero-order valence-corrected chi connectivity index (χ0v) is 19.7. The summed E-state index contributed by atoms with van der Waals surface area (Å²) in [6.07, 6.45) is 1.26. The van der Waals surface area contributed by atoms with Crippen molar-refractivity contribution in [2.45, 2.75) is 78.3 Å². The summed E-state index contributed by atoms with van der Waals surface area (Å²) < 4.78 is 5.68. The van der Waals surface area contributed by atoms with Crippen LogP contribution in [0.4, 0.5) is 4.79 Å². The molecule has 0 aromatic heterocycles. The van der Waals surface area contributed by atoms with Crippen molar-refractivity contribution >= 4 is 20.6 Å². The fourth-order valence-electron chi connectivity index (χ4n) is 3.59. The van der Waals surface area contributed by atoms with Crippen molar-refractivity contribution in [3.05, 3.63) is 0 Å². The van der Waals surface area contributed by atoms with Gasteiger partial charge in [0, 0.05) is 21.3 Å². The fourth-order valence-corrected chi connectivity index (χ4v) is 4.16. The molecule has 0 aliphatic carbocycles. The Kier molecular flexibility index (Phi) is 9.43. The molecule has 4 atom stereocenters. The highest BCUT2D eigenvalue weighted by molar-refractivity contribution is 6.77. The van der Waals surface area contributed by atoms with Gasteiger partial charge in [-0.05, 0) is 42.1 Å². The Morgan fingerprint density at radius 2 is 2.04 bits per heavy atom. The molecule has 2 amide bonds. The summed E-state index contributed by atoms with van der Waals surface area (Å²) in [5.74, 6) is 0.520. The molecule has 1 aliphatic heterocycles. The van der Waals surface area contributed by atoms with Crippen LogP contribution in [0.5, 0.6) is 0 Å². The third-order valence-electron chi connectivity index (χ3n) is 6.01. The van der Waals surface area contributed by atoms with Crippen LogP contribution in [-0.4, -0.2) is 56.7 Å². The zero-order chi connectivity index (χ0) is 21.5. The Balaban J connectivity index is 2.95. The van der Waals surface area contributed by atoms with Crippen LogP contribution in [0.25, 0.3) is 0 Å². The number of ether oxygens (including phenoxy) is 1. The highest BCUT2D eigenvalue weighted by Gasteiger charge is 2.37. The Labute approximate surface area is 171 Å². The molecule has 164 valence electrons. The van der Waals surface area contributed by atoms with Crippen molar-refractivity contribution in [3.63, 3.8) is 0 Å². The minimum Gasteiger partial charge on any atom is -0.465 e. The quantitative estimate of drug-likeness (QED) is 0.241. The standard InChI is InChI=1S/C20H40N2O5Si/c1-15(28(5,6)7)12-27-22(14-23)18(21-19(24)25)11-17(20(2,3)4)16-9-8-10-26-13-16/h14-18,21H,8-13H2,1-7H3,(H,24,25)/t15?,16-,17+,18?/m1/s1. The average molecular weight is 417 g/mol. The summed E-state index contributed by atoms with van der Waals surface area (Å²) >= 11 is 0. The number of carboxylic acid groups (broad SMARTS) is 1. The van der Waals surface area contributed by atoms with Crippen LogP contribution in [-0.2, 0) is 14.4 Å². The van der Waals surface area contributed by atoms with Crippen LogP contribution in [0.1, 0.15) is 47.0 Å². The molecule has 2 unspecified atom stereocenters. The third kappa shape index (κ3) is 8.09. The molecule has 0 spiro atoms. The van der Waals surface area contributed by atoms with Gasteiger partial charge in [0.25, 0.3) is 0 Å². The molecule has 0 aromatic carbocycles. The van der Waals surface area contributed by atoms with Crippen molar-refractivity contribution in [2.24, 2.45) is 17.3 Å². The van der Waals surface area contributed by atoms with Crippen molar-refractivity contribution in [1.82, 2.24) is 10.4 Å². The van der Waals surface area contributed by atoms with E-state index in [1.165, 1.54) is 0 Å². The highest BCUT2D eigenvalue weighted by Crippen LogP contribution is 2.39. The molecule has 8 heteroatoms. The van der Waals surface area contributed by atoms with Crippen molar-refractivity contribution in [2.75, 3.05) is 19.8 Å². The number of hydroxylamine groups is 2. The van der Waals surface area contributed by atoms with Crippen molar-refractivity contribution in [1.29, 1.82) is 0 Å². The number of hydrogen-bond donors (Lipinski definition) is 2. The van der Waals surface area contributed by atoms with Gasteiger partial charge < -0.3 is 9.84 Å². The predicted octanol–water partition coefficient (Wildman–Crippen LogP) is 4.18. The summed E-state index contributed by atoms with van der Waals surface area (Å²) in [4.78, 5) is 28.9. The Bertz CT molecular complexity index is 498. The first kappa shape index (κ1) is 24.9. The van der Waals surface area contributed by atoms with E-state index in [9.17, 15) is 14.7 Å². The minimum absolute atomic E-state index is 0.0516. The van der Waals surface area contributed by atoms with Crippen LogP contribution in [0, 0.1) is 17.3 Å².